The largest absolute Gasteiger partial charge is 0.481 e. The molecule has 5 nitrogen and oxygen atoms in total. The molecule has 1 aromatic rings. The summed E-state index contributed by atoms with van der Waals surface area (Å²) in [5.41, 5.74) is 6.26. The molecule has 0 saturated carbocycles. The topological polar surface area (TPSA) is 86.5 Å². The summed E-state index contributed by atoms with van der Waals surface area (Å²) in [6, 6.07) is 3.04. The van der Waals surface area contributed by atoms with Crippen molar-refractivity contribution in [2.75, 3.05) is 0 Å². The van der Waals surface area contributed by atoms with E-state index in [4.69, 9.17) is 21.2 Å². The van der Waals surface area contributed by atoms with Crippen molar-refractivity contribution in [1.82, 2.24) is 0 Å². The molecule has 0 fully saturated rings. The summed E-state index contributed by atoms with van der Waals surface area (Å²) in [6.45, 7) is 6.90. The van der Waals surface area contributed by atoms with Crippen LogP contribution in [0.3, 0.4) is 0 Å². The highest BCUT2D eigenvalue weighted by Crippen LogP contribution is 2.33. The molecule has 20 heavy (non-hydrogen) atoms. The maximum absolute atomic E-state index is 11.6. The van der Waals surface area contributed by atoms with Crippen molar-refractivity contribution in [2.24, 2.45) is 5.73 Å². The van der Waals surface area contributed by atoms with E-state index in [1.54, 1.807) is 13.0 Å². The minimum atomic E-state index is -3.84. The molecule has 0 aromatic heterocycles. The first-order valence-electron chi connectivity index (χ1n) is 6.09. The van der Waals surface area contributed by atoms with Gasteiger partial charge in [0.25, 0.3) is 15.0 Å². The average molecular weight is 320 g/mol. The van der Waals surface area contributed by atoms with E-state index in [1.807, 2.05) is 13.8 Å². The lowest BCUT2D eigenvalue weighted by atomic mass is 10.0. The molecule has 112 valence electrons. The second-order valence-corrected chi connectivity index (χ2v) is 7.44. The summed E-state index contributed by atoms with van der Waals surface area (Å²) in [7, 11) is 1.61. The first-order chi connectivity index (χ1) is 9.04. The zero-order valence-electron chi connectivity index (χ0n) is 11.8. The van der Waals surface area contributed by atoms with Crippen LogP contribution in [0.1, 0.15) is 37.8 Å². The van der Waals surface area contributed by atoms with Crippen molar-refractivity contribution in [3.63, 3.8) is 0 Å². The molecule has 2 N–H and O–H groups in total. The van der Waals surface area contributed by atoms with E-state index in [0.717, 1.165) is 0 Å². The Hall–Kier alpha value is -1.27. The van der Waals surface area contributed by atoms with E-state index >= 15 is 0 Å². The number of carbonyl (C=O) groups is 1. The van der Waals surface area contributed by atoms with Gasteiger partial charge < -0.3 is 10.5 Å². The lowest BCUT2D eigenvalue weighted by Crippen LogP contribution is -2.30. The highest BCUT2D eigenvalue weighted by molar-refractivity contribution is 8.13. The van der Waals surface area contributed by atoms with Gasteiger partial charge in [-0.2, -0.15) is 0 Å². The summed E-state index contributed by atoms with van der Waals surface area (Å²) in [5.74, 6) is -0.237. The molecule has 0 spiro atoms. The first-order valence-corrected chi connectivity index (χ1v) is 8.40. The lowest BCUT2D eigenvalue weighted by molar-refractivity contribution is -0.123. The monoisotopic (exact) mass is 319 g/mol. The van der Waals surface area contributed by atoms with Crippen molar-refractivity contribution in [1.29, 1.82) is 0 Å². The Labute approximate surface area is 123 Å². The van der Waals surface area contributed by atoms with Crippen LogP contribution in [0.2, 0.25) is 0 Å². The molecule has 0 bridgehead atoms. The molecule has 1 rings (SSSR count). The van der Waals surface area contributed by atoms with Gasteiger partial charge in [-0.05, 0) is 43.0 Å². The molecule has 0 aliphatic rings. The number of aryl methyl sites for hydroxylation is 1. The summed E-state index contributed by atoms with van der Waals surface area (Å²) < 4.78 is 28.7. The van der Waals surface area contributed by atoms with Gasteiger partial charge in [-0.15, -0.1) is 0 Å². The lowest BCUT2D eigenvalue weighted by Gasteiger charge is -2.18. The maximum atomic E-state index is 11.6. The molecule has 0 radical (unpaired) electrons. The number of nitrogens with two attached hydrogens (primary N) is 1. The highest BCUT2D eigenvalue weighted by Gasteiger charge is 2.21. The number of primary amides is 1. The van der Waals surface area contributed by atoms with Crippen LogP contribution in [0.5, 0.6) is 5.75 Å². The fourth-order valence-corrected chi connectivity index (χ4v) is 3.01. The van der Waals surface area contributed by atoms with Gasteiger partial charge in [-0.25, -0.2) is 8.42 Å². The number of carbonyl (C=O) groups excluding carboxylic acids is 1. The predicted octanol–water partition coefficient (Wildman–Crippen LogP) is 2.30. The number of amides is 1. The third kappa shape index (κ3) is 3.86. The Balaban J connectivity index is 3.38. The molecular weight excluding hydrogens is 302 g/mol. The smallest absolute Gasteiger partial charge is 0.261 e. The standard InChI is InChI=1S/C13H18ClNO4S/c1-7(2)10-6-11(19-9(4)13(15)16)8(3)5-12(10)20(14,17)18/h5-7,9H,1-4H3,(H2,15,16). The van der Waals surface area contributed by atoms with Crippen molar-refractivity contribution in [3.8, 4) is 5.75 Å². The van der Waals surface area contributed by atoms with Crippen LogP contribution in [0, 0.1) is 6.92 Å². The molecule has 0 aliphatic carbocycles. The van der Waals surface area contributed by atoms with Gasteiger partial charge >= 0.3 is 0 Å². The molecule has 0 saturated heterocycles. The zero-order chi connectivity index (χ0) is 15.7. The molecule has 1 amide bonds. The van der Waals surface area contributed by atoms with Gasteiger partial charge in [0.15, 0.2) is 6.10 Å². The molecule has 7 heteroatoms. The van der Waals surface area contributed by atoms with Crippen LogP contribution < -0.4 is 10.5 Å². The van der Waals surface area contributed by atoms with E-state index in [2.05, 4.69) is 0 Å². The van der Waals surface area contributed by atoms with E-state index in [9.17, 15) is 13.2 Å². The first kappa shape index (κ1) is 16.8. The van der Waals surface area contributed by atoms with Crippen LogP contribution in [0.25, 0.3) is 0 Å². The van der Waals surface area contributed by atoms with E-state index in [1.165, 1.54) is 13.0 Å². The Morgan fingerprint density at radius 1 is 1.30 bits per heavy atom. The van der Waals surface area contributed by atoms with Crippen molar-refractivity contribution in [2.45, 2.75) is 44.6 Å². The number of benzene rings is 1. The van der Waals surface area contributed by atoms with Gasteiger partial charge in [-0.1, -0.05) is 13.8 Å². The fraction of sp³-hybridized carbons (Fsp3) is 0.462. The van der Waals surface area contributed by atoms with Gasteiger partial charge in [-0.3, -0.25) is 4.79 Å². The Bertz CT molecular complexity index is 626. The fourth-order valence-electron chi connectivity index (χ4n) is 1.72. The normalized spacial score (nSPS) is 13.3. The van der Waals surface area contributed by atoms with E-state index < -0.39 is 21.1 Å². The third-order valence-electron chi connectivity index (χ3n) is 2.90. The van der Waals surface area contributed by atoms with Gasteiger partial charge in [0.1, 0.15) is 5.75 Å². The van der Waals surface area contributed by atoms with Gasteiger partial charge in [0, 0.05) is 10.7 Å². The SMILES string of the molecule is Cc1cc(S(=O)(=O)Cl)c(C(C)C)cc1OC(C)C(N)=O. The Morgan fingerprint density at radius 2 is 1.85 bits per heavy atom. The predicted molar refractivity (Wildman–Crippen MR) is 77.6 cm³/mol. The summed E-state index contributed by atoms with van der Waals surface area (Å²) in [5, 5.41) is 0. The Kier molecular flexibility index (Phi) is 5.05. The quantitative estimate of drug-likeness (QED) is 0.844. The second-order valence-electron chi connectivity index (χ2n) is 4.91. The third-order valence-corrected chi connectivity index (χ3v) is 4.27. The van der Waals surface area contributed by atoms with Crippen LogP contribution in [-0.2, 0) is 13.8 Å². The van der Waals surface area contributed by atoms with Crippen LogP contribution in [0.4, 0.5) is 0 Å². The molecule has 0 heterocycles. The van der Waals surface area contributed by atoms with E-state index in [-0.39, 0.29) is 10.8 Å². The molecule has 0 aliphatic heterocycles. The Morgan fingerprint density at radius 3 is 2.25 bits per heavy atom. The van der Waals surface area contributed by atoms with Gasteiger partial charge in [0.05, 0.1) is 4.90 Å². The van der Waals surface area contributed by atoms with E-state index in [0.29, 0.717) is 16.9 Å². The van der Waals surface area contributed by atoms with Crippen molar-refractivity contribution in [3.05, 3.63) is 23.3 Å². The molecule has 1 unspecified atom stereocenters. The number of hydrogen-bond donors (Lipinski definition) is 1. The average Bonchev–Trinajstić information content (AvgIpc) is 2.29. The zero-order valence-corrected chi connectivity index (χ0v) is 13.4. The minimum absolute atomic E-state index is 0.0609. The van der Waals surface area contributed by atoms with Crippen molar-refractivity contribution < 1.29 is 17.9 Å². The van der Waals surface area contributed by atoms with Crippen molar-refractivity contribution >= 4 is 25.6 Å². The molecule has 1 aromatic carbocycles. The number of halogens is 1. The number of rotatable bonds is 5. The number of hydrogen-bond acceptors (Lipinski definition) is 4. The molecule has 1 atom stereocenters. The summed E-state index contributed by atoms with van der Waals surface area (Å²) in [6.07, 6.45) is -0.799. The molecular formula is C13H18ClNO4S. The maximum Gasteiger partial charge on any atom is 0.261 e. The minimum Gasteiger partial charge on any atom is -0.481 e. The van der Waals surface area contributed by atoms with Gasteiger partial charge in [0.2, 0.25) is 0 Å². The van der Waals surface area contributed by atoms with Crippen LogP contribution in [0.15, 0.2) is 17.0 Å². The number of ether oxygens (including phenoxy) is 1. The van der Waals surface area contributed by atoms with Crippen LogP contribution in [-0.4, -0.2) is 20.4 Å². The summed E-state index contributed by atoms with van der Waals surface area (Å²) in [4.78, 5) is 11.1. The summed E-state index contributed by atoms with van der Waals surface area (Å²) >= 11 is 0. The second kappa shape index (κ2) is 6.01. The van der Waals surface area contributed by atoms with Crippen LogP contribution >= 0.6 is 10.7 Å². The highest BCUT2D eigenvalue weighted by atomic mass is 35.7.